The van der Waals surface area contributed by atoms with E-state index in [1.54, 1.807) is 10.9 Å². The Balaban J connectivity index is 1.90. The highest BCUT2D eigenvalue weighted by Crippen LogP contribution is 2.16. The molecule has 4 heteroatoms. The first-order valence-corrected chi connectivity index (χ1v) is 7.04. The van der Waals surface area contributed by atoms with Crippen LogP contribution in [0.15, 0.2) is 36.7 Å². The van der Waals surface area contributed by atoms with Crippen LogP contribution in [0.1, 0.15) is 31.1 Å². The number of rotatable bonds is 6. The van der Waals surface area contributed by atoms with Crippen molar-refractivity contribution in [1.82, 2.24) is 9.78 Å². The van der Waals surface area contributed by atoms with Crippen LogP contribution in [0.5, 0.6) is 0 Å². The van der Waals surface area contributed by atoms with Crippen LogP contribution in [0, 0.1) is 5.92 Å². The maximum absolute atomic E-state index is 10.2. The van der Waals surface area contributed by atoms with Crippen LogP contribution in [0.25, 0.3) is 0 Å². The minimum atomic E-state index is -0.511. The molecule has 2 aromatic rings. The van der Waals surface area contributed by atoms with Crippen LogP contribution in [-0.4, -0.2) is 21.4 Å². The van der Waals surface area contributed by atoms with E-state index in [4.69, 9.17) is 0 Å². The largest absolute Gasteiger partial charge is 0.387 e. The van der Waals surface area contributed by atoms with Gasteiger partial charge in [-0.15, -0.1) is 0 Å². The molecule has 0 amide bonds. The summed E-state index contributed by atoms with van der Waals surface area (Å²) in [5.41, 5.74) is 3.17. The predicted molar refractivity (Wildman–Crippen MR) is 81.6 cm³/mol. The third-order valence-electron chi connectivity index (χ3n) is 3.21. The van der Waals surface area contributed by atoms with E-state index >= 15 is 0 Å². The van der Waals surface area contributed by atoms with Gasteiger partial charge in [0.05, 0.1) is 18.0 Å². The molecule has 4 nitrogen and oxygen atoms in total. The molecular weight excluding hydrogens is 250 g/mol. The number of aliphatic hydroxyl groups is 1. The standard InChI is InChI=1S/C16H23N3O/c1-12(2)8-13-4-6-14(7-5-13)16(20)10-17-15-9-18-19(3)11-15/h4-7,9,11-12,16-17,20H,8,10H2,1-3H3. The number of hydrogen-bond donors (Lipinski definition) is 2. The minimum absolute atomic E-state index is 0.481. The van der Waals surface area contributed by atoms with E-state index in [0.29, 0.717) is 12.5 Å². The first-order valence-electron chi connectivity index (χ1n) is 7.04. The molecule has 1 aromatic heterocycles. The average Bonchev–Trinajstić information content (AvgIpc) is 2.82. The highest BCUT2D eigenvalue weighted by molar-refractivity contribution is 5.38. The van der Waals surface area contributed by atoms with E-state index in [0.717, 1.165) is 17.7 Å². The van der Waals surface area contributed by atoms with Gasteiger partial charge in [0.1, 0.15) is 0 Å². The summed E-state index contributed by atoms with van der Waals surface area (Å²) in [5.74, 6) is 0.651. The Morgan fingerprint density at radius 1 is 1.25 bits per heavy atom. The van der Waals surface area contributed by atoms with Gasteiger partial charge in [0.2, 0.25) is 0 Å². The van der Waals surface area contributed by atoms with Crippen molar-refractivity contribution in [3.8, 4) is 0 Å². The second-order valence-corrected chi connectivity index (χ2v) is 5.64. The van der Waals surface area contributed by atoms with E-state index in [1.165, 1.54) is 5.56 Å². The maximum atomic E-state index is 10.2. The summed E-state index contributed by atoms with van der Waals surface area (Å²) in [6.07, 6.45) is 4.20. The predicted octanol–water partition coefficient (Wildman–Crippen LogP) is 2.76. The Hall–Kier alpha value is -1.81. The van der Waals surface area contributed by atoms with Crippen LogP contribution in [0.4, 0.5) is 5.69 Å². The molecule has 2 rings (SSSR count). The second kappa shape index (κ2) is 6.57. The van der Waals surface area contributed by atoms with Crippen molar-refractivity contribution in [2.24, 2.45) is 13.0 Å². The number of aromatic nitrogens is 2. The summed E-state index contributed by atoms with van der Waals surface area (Å²) in [5, 5.41) is 17.4. The Morgan fingerprint density at radius 3 is 2.50 bits per heavy atom. The molecule has 0 saturated heterocycles. The Kier molecular flexibility index (Phi) is 4.79. The number of anilines is 1. The van der Waals surface area contributed by atoms with Gasteiger partial charge >= 0.3 is 0 Å². The monoisotopic (exact) mass is 273 g/mol. The molecule has 0 saturated carbocycles. The van der Waals surface area contributed by atoms with Crippen LogP contribution in [-0.2, 0) is 13.5 Å². The van der Waals surface area contributed by atoms with E-state index in [9.17, 15) is 5.11 Å². The van der Waals surface area contributed by atoms with E-state index < -0.39 is 6.10 Å². The summed E-state index contributed by atoms with van der Waals surface area (Å²) < 4.78 is 1.73. The van der Waals surface area contributed by atoms with Gasteiger partial charge in [-0.05, 0) is 23.5 Å². The fraction of sp³-hybridized carbons (Fsp3) is 0.438. The van der Waals surface area contributed by atoms with Gasteiger partial charge in [0.15, 0.2) is 0 Å². The number of nitrogens with zero attached hydrogens (tertiary/aromatic N) is 2. The quantitative estimate of drug-likeness (QED) is 0.851. The smallest absolute Gasteiger partial charge is 0.0962 e. The van der Waals surface area contributed by atoms with Crippen molar-refractivity contribution in [2.75, 3.05) is 11.9 Å². The first kappa shape index (κ1) is 14.6. The third-order valence-corrected chi connectivity index (χ3v) is 3.21. The van der Waals surface area contributed by atoms with Crippen molar-refractivity contribution in [2.45, 2.75) is 26.4 Å². The molecule has 1 atom stereocenters. The number of benzene rings is 1. The normalized spacial score (nSPS) is 12.7. The fourth-order valence-corrected chi connectivity index (χ4v) is 2.19. The molecule has 0 bridgehead atoms. The average molecular weight is 273 g/mol. The van der Waals surface area contributed by atoms with Crippen LogP contribution in [0.3, 0.4) is 0 Å². The molecule has 1 aromatic carbocycles. The zero-order chi connectivity index (χ0) is 14.5. The Morgan fingerprint density at radius 2 is 1.95 bits per heavy atom. The van der Waals surface area contributed by atoms with Gasteiger partial charge in [-0.2, -0.15) is 5.10 Å². The molecule has 20 heavy (non-hydrogen) atoms. The molecule has 0 fully saturated rings. The second-order valence-electron chi connectivity index (χ2n) is 5.64. The molecule has 108 valence electrons. The summed E-state index contributed by atoms with van der Waals surface area (Å²) >= 11 is 0. The lowest BCUT2D eigenvalue weighted by Gasteiger charge is -2.13. The molecule has 2 N–H and O–H groups in total. The van der Waals surface area contributed by atoms with Gasteiger partial charge in [-0.25, -0.2) is 0 Å². The molecule has 0 aliphatic carbocycles. The molecular formula is C16H23N3O. The van der Waals surface area contributed by atoms with E-state index in [2.05, 4.69) is 36.4 Å². The minimum Gasteiger partial charge on any atom is -0.387 e. The van der Waals surface area contributed by atoms with Crippen LogP contribution < -0.4 is 5.32 Å². The molecule has 0 aliphatic rings. The van der Waals surface area contributed by atoms with Gasteiger partial charge < -0.3 is 10.4 Å². The number of aryl methyl sites for hydroxylation is 1. The molecule has 1 unspecified atom stereocenters. The summed E-state index contributed by atoms with van der Waals surface area (Å²) in [7, 11) is 1.87. The first-order chi connectivity index (χ1) is 9.54. The lowest BCUT2D eigenvalue weighted by Crippen LogP contribution is -2.11. The lowest BCUT2D eigenvalue weighted by atomic mass is 10.0. The fourth-order valence-electron chi connectivity index (χ4n) is 2.19. The van der Waals surface area contributed by atoms with Crippen molar-refractivity contribution in [1.29, 1.82) is 0 Å². The van der Waals surface area contributed by atoms with Crippen molar-refractivity contribution < 1.29 is 5.11 Å². The molecule has 0 spiro atoms. The van der Waals surface area contributed by atoms with Crippen molar-refractivity contribution in [3.05, 3.63) is 47.8 Å². The summed E-state index contributed by atoms with van der Waals surface area (Å²) in [6.45, 7) is 4.90. The van der Waals surface area contributed by atoms with Crippen molar-refractivity contribution in [3.63, 3.8) is 0 Å². The van der Waals surface area contributed by atoms with E-state index in [-0.39, 0.29) is 0 Å². The summed E-state index contributed by atoms with van der Waals surface area (Å²) in [6, 6.07) is 8.21. The zero-order valence-electron chi connectivity index (χ0n) is 12.4. The molecule has 0 aliphatic heterocycles. The Labute approximate surface area is 120 Å². The van der Waals surface area contributed by atoms with Gasteiger partial charge in [0.25, 0.3) is 0 Å². The topological polar surface area (TPSA) is 50.1 Å². The van der Waals surface area contributed by atoms with Crippen molar-refractivity contribution >= 4 is 5.69 Å². The number of nitrogens with one attached hydrogen (secondary N) is 1. The maximum Gasteiger partial charge on any atom is 0.0962 e. The van der Waals surface area contributed by atoms with Gasteiger partial charge in [-0.3, -0.25) is 4.68 Å². The highest BCUT2D eigenvalue weighted by atomic mass is 16.3. The van der Waals surface area contributed by atoms with E-state index in [1.807, 2.05) is 25.4 Å². The summed E-state index contributed by atoms with van der Waals surface area (Å²) in [4.78, 5) is 0. The number of hydrogen-bond acceptors (Lipinski definition) is 3. The SMILES string of the molecule is CC(C)Cc1ccc(C(O)CNc2cnn(C)c2)cc1. The van der Waals surface area contributed by atoms with Crippen LogP contribution in [0.2, 0.25) is 0 Å². The van der Waals surface area contributed by atoms with Gasteiger partial charge in [-0.1, -0.05) is 38.1 Å². The Bertz CT molecular complexity index is 531. The number of aliphatic hydroxyl groups excluding tert-OH is 1. The van der Waals surface area contributed by atoms with Crippen LogP contribution >= 0.6 is 0 Å². The highest BCUT2D eigenvalue weighted by Gasteiger charge is 2.08. The molecule has 0 radical (unpaired) electrons. The lowest BCUT2D eigenvalue weighted by molar-refractivity contribution is 0.191. The molecule has 1 heterocycles. The van der Waals surface area contributed by atoms with Gasteiger partial charge in [0, 0.05) is 19.8 Å². The zero-order valence-corrected chi connectivity index (χ0v) is 12.4. The third kappa shape index (κ3) is 4.10.